The van der Waals surface area contributed by atoms with Gasteiger partial charge in [-0.2, -0.15) is 0 Å². The van der Waals surface area contributed by atoms with Crippen LogP contribution in [-0.2, 0) is 19.1 Å². The average Bonchev–Trinajstić information content (AvgIpc) is 2.53. The van der Waals surface area contributed by atoms with Crippen molar-refractivity contribution in [3.05, 3.63) is 41.7 Å². The molecule has 1 aromatic rings. The van der Waals surface area contributed by atoms with Crippen LogP contribution in [0.1, 0.15) is 5.56 Å². The standard InChI is InChI=1S/C15H16FNO4/c1-20-15(19)13-10-17(8-9-21-13)14(18)7-6-11-4-2-3-5-12(11)16/h2-7,13H,8-10H2,1H3/b7-6+. The summed E-state index contributed by atoms with van der Waals surface area (Å²) in [6.45, 7) is 0.778. The second-order valence-electron chi connectivity index (χ2n) is 4.52. The normalized spacial score (nSPS) is 18.8. The third-order valence-electron chi connectivity index (χ3n) is 3.15. The minimum absolute atomic E-state index is 0.132. The minimum atomic E-state index is -0.769. The van der Waals surface area contributed by atoms with Gasteiger partial charge in [0.2, 0.25) is 5.91 Å². The van der Waals surface area contributed by atoms with Crippen LogP contribution in [0.2, 0.25) is 0 Å². The third-order valence-corrected chi connectivity index (χ3v) is 3.15. The SMILES string of the molecule is COC(=O)C1CN(C(=O)/C=C/c2ccccc2F)CCO1. The van der Waals surface area contributed by atoms with Gasteiger partial charge in [-0.15, -0.1) is 0 Å². The van der Waals surface area contributed by atoms with Gasteiger partial charge in [0.1, 0.15) is 5.82 Å². The largest absolute Gasteiger partial charge is 0.467 e. The molecule has 1 aliphatic heterocycles. The summed E-state index contributed by atoms with van der Waals surface area (Å²) in [7, 11) is 1.27. The molecule has 0 radical (unpaired) electrons. The summed E-state index contributed by atoms with van der Waals surface area (Å²) in [5, 5.41) is 0. The molecule has 1 saturated heterocycles. The fourth-order valence-corrected chi connectivity index (χ4v) is 2.00. The Bertz CT molecular complexity index is 558. The lowest BCUT2D eigenvalue weighted by Gasteiger charge is -2.30. The van der Waals surface area contributed by atoms with Gasteiger partial charge in [-0.1, -0.05) is 18.2 Å². The van der Waals surface area contributed by atoms with Gasteiger partial charge in [-0.3, -0.25) is 4.79 Å². The summed E-state index contributed by atoms with van der Waals surface area (Å²) in [5.74, 6) is -1.20. The van der Waals surface area contributed by atoms with Crippen LogP contribution >= 0.6 is 0 Å². The predicted molar refractivity (Wildman–Crippen MR) is 73.8 cm³/mol. The van der Waals surface area contributed by atoms with Crippen molar-refractivity contribution >= 4 is 18.0 Å². The van der Waals surface area contributed by atoms with Gasteiger partial charge in [-0.25, -0.2) is 9.18 Å². The summed E-state index contributed by atoms with van der Waals surface area (Å²) >= 11 is 0. The summed E-state index contributed by atoms with van der Waals surface area (Å²) in [4.78, 5) is 24.9. The molecule has 1 fully saturated rings. The number of rotatable bonds is 3. The van der Waals surface area contributed by atoms with E-state index in [1.54, 1.807) is 18.2 Å². The van der Waals surface area contributed by atoms with Crippen molar-refractivity contribution in [1.29, 1.82) is 0 Å². The molecule has 0 aliphatic carbocycles. The fourth-order valence-electron chi connectivity index (χ4n) is 2.00. The molecular formula is C15H16FNO4. The number of benzene rings is 1. The number of halogens is 1. The molecule has 2 rings (SSSR count). The first-order chi connectivity index (χ1) is 10.1. The fraction of sp³-hybridized carbons (Fsp3) is 0.333. The maximum atomic E-state index is 13.4. The molecule has 5 nitrogen and oxygen atoms in total. The number of esters is 1. The zero-order valence-electron chi connectivity index (χ0n) is 11.6. The monoisotopic (exact) mass is 293 g/mol. The average molecular weight is 293 g/mol. The van der Waals surface area contributed by atoms with Gasteiger partial charge in [0.25, 0.3) is 0 Å². The van der Waals surface area contributed by atoms with E-state index in [0.717, 1.165) is 0 Å². The highest BCUT2D eigenvalue weighted by molar-refractivity contribution is 5.92. The Morgan fingerprint density at radius 1 is 1.43 bits per heavy atom. The Kier molecular flexibility index (Phi) is 5.05. The van der Waals surface area contributed by atoms with Crippen LogP contribution in [0.5, 0.6) is 0 Å². The number of nitrogens with zero attached hydrogens (tertiary/aromatic N) is 1. The Balaban J connectivity index is 2.00. The number of amides is 1. The Morgan fingerprint density at radius 3 is 2.90 bits per heavy atom. The summed E-state index contributed by atoms with van der Waals surface area (Å²) in [5.41, 5.74) is 0.337. The van der Waals surface area contributed by atoms with Crippen LogP contribution in [0.4, 0.5) is 4.39 Å². The molecular weight excluding hydrogens is 277 g/mol. The topological polar surface area (TPSA) is 55.8 Å². The van der Waals surface area contributed by atoms with Crippen molar-refractivity contribution in [2.24, 2.45) is 0 Å². The van der Waals surface area contributed by atoms with Gasteiger partial charge in [0.05, 0.1) is 20.3 Å². The van der Waals surface area contributed by atoms with E-state index in [0.29, 0.717) is 12.1 Å². The smallest absolute Gasteiger partial charge is 0.336 e. The number of carbonyl (C=O) groups excluding carboxylic acids is 2. The highest BCUT2D eigenvalue weighted by atomic mass is 19.1. The minimum Gasteiger partial charge on any atom is -0.467 e. The summed E-state index contributed by atoms with van der Waals surface area (Å²) in [6.07, 6.45) is 1.94. The summed E-state index contributed by atoms with van der Waals surface area (Å²) in [6, 6.07) is 6.18. The van der Waals surface area contributed by atoms with E-state index in [2.05, 4.69) is 4.74 Å². The second kappa shape index (κ2) is 6.99. The molecule has 0 aromatic heterocycles. The van der Waals surface area contributed by atoms with Crippen molar-refractivity contribution in [1.82, 2.24) is 4.90 Å². The highest BCUT2D eigenvalue weighted by Gasteiger charge is 2.28. The molecule has 0 saturated carbocycles. The van der Waals surface area contributed by atoms with Crippen LogP contribution in [-0.4, -0.2) is 49.7 Å². The van der Waals surface area contributed by atoms with Crippen LogP contribution in [0, 0.1) is 5.82 Å². The third kappa shape index (κ3) is 3.88. The van der Waals surface area contributed by atoms with E-state index in [1.165, 1.54) is 30.2 Å². The molecule has 1 amide bonds. The first-order valence-electron chi connectivity index (χ1n) is 6.52. The molecule has 0 N–H and O–H groups in total. The molecule has 1 atom stereocenters. The van der Waals surface area contributed by atoms with Gasteiger partial charge >= 0.3 is 5.97 Å². The molecule has 1 aliphatic rings. The number of carbonyl (C=O) groups is 2. The first kappa shape index (κ1) is 15.2. The number of hydrogen-bond acceptors (Lipinski definition) is 4. The van der Waals surface area contributed by atoms with Gasteiger partial charge in [-0.05, 0) is 12.1 Å². The van der Waals surface area contributed by atoms with E-state index >= 15 is 0 Å². The number of methoxy groups -OCH3 is 1. The van der Waals surface area contributed by atoms with Gasteiger partial charge < -0.3 is 14.4 Å². The molecule has 0 spiro atoms. The van der Waals surface area contributed by atoms with Crippen molar-refractivity contribution in [3.63, 3.8) is 0 Å². The van der Waals surface area contributed by atoms with Crippen LogP contribution in [0.3, 0.4) is 0 Å². The lowest BCUT2D eigenvalue weighted by Crippen LogP contribution is -2.48. The zero-order chi connectivity index (χ0) is 15.2. The van der Waals surface area contributed by atoms with Crippen molar-refractivity contribution < 1.29 is 23.5 Å². The summed E-state index contributed by atoms with van der Waals surface area (Å²) < 4.78 is 23.3. The lowest BCUT2D eigenvalue weighted by molar-refractivity contribution is -0.161. The maximum Gasteiger partial charge on any atom is 0.336 e. The van der Waals surface area contributed by atoms with Crippen molar-refractivity contribution in [2.45, 2.75) is 6.10 Å². The van der Waals surface area contributed by atoms with E-state index in [-0.39, 0.29) is 19.1 Å². The van der Waals surface area contributed by atoms with Crippen molar-refractivity contribution in [2.75, 3.05) is 26.8 Å². The van der Waals surface area contributed by atoms with E-state index < -0.39 is 17.9 Å². The number of morpholine rings is 1. The Labute approximate surface area is 121 Å². The molecule has 112 valence electrons. The first-order valence-corrected chi connectivity index (χ1v) is 6.52. The molecule has 1 heterocycles. The molecule has 1 aromatic carbocycles. The zero-order valence-corrected chi connectivity index (χ0v) is 11.6. The quantitative estimate of drug-likeness (QED) is 0.621. The molecule has 1 unspecified atom stereocenters. The van der Waals surface area contributed by atoms with Gasteiger partial charge in [0.15, 0.2) is 6.10 Å². The van der Waals surface area contributed by atoms with Crippen LogP contribution in [0.25, 0.3) is 6.08 Å². The molecule has 21 heavy (non-hydrogen) atoms. The predicted octanol–water partition coefficient (Wildman–Crippen LogP) is 1.24. The maximum absolute atomic E-state index is 13.4. The van der Waals surface area contributed by atoms with Crippen LogP contribution < -0.4 is 0 Å². The number of hydrogen-bond donors (Lipinski definition) is 0. The molecule has 0 bridgehead atoms. The second-order valence-corrected chi connectivity index (χ2v) is 4.52. The Hall–Kier alpha value is -2.21. The van der Waals surface area contributed by atoms with Crippen molar-refractivity contribution in [3.8, 4) is 0 Å². The Morgan fingerprint density at radius 2 is 2.19 bits per heavy atom. The highest BCUT2D eigenvalue weighted by Crippen LogP contribution is 2.11. The van der Waals surface area contributed by atoms with E-state index in [1.807, 2.05) is 0 Å². The van der Waals surface area contributed by atoms with Gasteiger partial charge in [0, 0.05) is 18.2 Å². The van der Waals surface area contributed by atoms with E-state index in [9.17, 15) is 14.0 Å². The lowest BCUT2D eigenvalue weighted by atomic mass is 10.2. The van der Waals surface area contributed by atoms with E-state index in [4.69, 9.17) is 4.74 Å². The molecule has 6 heteroatoms. The number of ether oxygens (including phenoxy) is 2. The van der Waals surface area contributed by atoms with Crippen LogP contribution in [0.15, 0.2) is 30.3 Å².